The van der Waals surface area contributed by atoms with Crippen molar-refractivity contribution in [2.45, 2.75) is 46.0 Å². The Morgan fingerprint density at radius 1 is 1.22 bits per heavy atom. The number of hydrogen-bond donors (Lipinski definition) is 2. The van der Waals surface area contributed by atoms with Gasteiger partial charge in [0.1, 0.15) is 0 Å². The van der Waals surface area contributed by atoms with Crippen LogP contribution in [0.2, 0.25) is 0 Å². The number of rotatable bonds is 4. The smallest absolute Gasteiger partial charge is 0.0574 e. The maximum absolute atomic E-state index is 6.00. The minimum absolute atomic E-state index is 0.868. The molecule has 0 spiro atoms. The molecule has 1 aromatic carbocycles. The minimum Gasteiger partial charge on any atom is -0.397 e. The predicted octanol–water partition coefficient (Wildman–Crippen LogP) is 4.21. The highest BCUT2D eigenvalue weighted by Gasteiger charge is 2.17. The molecule has 0 radical (unpaired) electrons. The van der Waals surface area contributed by atoms with Gasteiger partial charge in [0.15, 0.2) is 0 Å². The fourth-order valence-electron chi connectivity index (χ4n) is 2.87. The first-order chi connectivity index (χ1) is 8.65. The van der Waals surface area contributed by atoms with Crippen molar-refractivity contribution >= 4 is 11.4 Å². The van der Waals surface area contributed by atoms with Crippen LogP contribution in [0.5, 0.6) is 0 Å². The highest BCUT2D eigenvalue weighted by Crippen LogP contribution is 2.30. The van der Waals surface area contributed by atoms with Crippen LogP contribution in [-0.4, -0.2) is 6.54 Å². The normalized spacial score (nSPS) is 23.9. The van der Waals surface area contributed by atoms with Crippen molar-refractivity contribution in [2.24, 2.45) is 11.8 Å². The van der Waals surface area contributed by atoms with Gasteiger partial charge in [-0.25, -0.2) is 0 Å². The maximum Gasteiger partial charge on any atom is 0.0574 e. The Kier molecular flexibility index (Phi) is 4.51. The van der Waals surface area contributed by atoms with Gasteiger partial charge >= 0.3 is 0 Å². The molecule has 1 aliphatic carbocycles. The fraction of sp³-hybridized carbons (Fsp3) is 0.625. The highest BCUT2D eigenvalue weighted by atomic mass is 14.9. The van der Waals surface area contributed by atoms with Gasteiger partial charge in [-0.05, 0) is 42.9 Å². The summed E-state index contributed by atoms with van der Waals surface area (Å²) < 4.78 is 0. The lowest BCUT2D eigenvalue weighted by Gasteiger charge is -2.26. The van der Waals surface area contributed by atoms with E-state index in [1.807, 2.05) is 6.07 Å². The Morgan fingerprint density at radius 3 is 2.61 bits per heavy atom. The monoisotopic (exact) mass is 246 g/mol. The zero-order chi connectivity index (χ0) is 13.0. The summed E-state index contributed by atoms with van der Waals surface area (Å²) in [5, 5.41) is 3.47. The molecule has 0 saturated heterocycles. The number of anilines is 2. The molecule has 0 heterocycles. The molecule has 0 aliphatic heterocycles. The molecular formula is C16H26N2. The van der Waals surface area contributed by atoms with E-state index in [4.69, 9.17) is 5.73 Å². The zero-order valence-electron chi connectivity index (χ0n) is 11.7. The average molecular weight is 246 g/mol. The van der Waals surface area contributed by atoms with Crippen molar-refractivity contribution in [1.82, 2.24) is 0 Å². The van der Waals surface area contributed by atoms with Crippen molar-refractivity contribution in [3.63, 3.8) is 0 Å². The van der Waals surface area contributed by atoms with E-state index in [0.29, 0.717) is 0 Å². The Bertz CT molecular complexity index is 379. The Balaban J connectivity index is 1.75. The lowest BCUT2D eigenvalue weighted by Crippen LogP contribution is -2.16. The number of nitrogens with one attached hydrogen (secondary N) is 1. The van der Waals surface area contributed by atoms with Crippen LogP contribution in [0, 0.1) is 18.8 Å². The van der Waals surface area contributed by atoms with Gasteiger partial charge in [0.2, 0.25) is 0 Å². The minimum atomic E-state index is 0.868. The molecule has 1 saturated carbocycles. The van der Waals surface area contributed by atoms with Crippen LogP contribution in [0.15, 0.2) is 18.2 Å². The van der Waals surface area contributed by atoms with Crippen molar-refractivity contribution in [1.29, 1.82) is 0 Å². The van der Waals surface area contributed by atoms with E-state index < -0.39 is 0 Å². The van der Waals surface area contributed by atoms with Gasteiger partial charge in [0.05, 0.1) is 11.4 Å². The molecule has 0 bridgehead atoms. The first-order valence-corrected chi connectivity index (χ1v) is 7.25. The largest absolute Gasteiger partial charge is 0.397 e. The third kappa shape index (κ3) is 3.66. The lowest BCUT2D eigenvalue weighted by molar-refractivity contribution is 0.282. The van der Waals surface area contributed by atoms with Gasteiger partial charge < -0.3 is 11.1 Å². The summed E-state index contributed by atoms with van der Waals surface area (Å²) in [6.45, 7) is 5.50. The van der Waals surface area contributed by atoms with E-state index in [-0.39, 0.29) is 0 Å². The summed E-state index contributed by atoms with van der Waals surface area (Å²) in [5.41, 5.74) is 9.17. The van der Waals surface area contributed by atoms with Crippen LogP contribution < -0.4 is 11.1 Å². The van der Waals surface area contributed by atoms with E-state index >= 15 is 0 Å². The number of benzene rings is 1. The average Bonchev–Trinajstić information content (AvgIpc) is 2.34. The van der Waals surface area contributed by atoms with Gasteiger partial charge in [0, 0.05) is 6.54 Å². The molecule has 0 unspecified atom stereocenters. The van der Waals surface area contributed by atoms with Crippen LogP contribution in [0.4, 0.5) is 11.4 Å². The standard InChI is InChI=1S/C16H26N2/c1-12-3-6-14(7-4-12)9-10-18-16-8-5-13(2)11-15(16)17/h5,8,11-12,14,18H,3-4,6-7,9-10,17H2,1-2H3. The first kappa shape index (κ1) is 13.3. The second-order valence-corrected chi connectivity index (χ2v) is 5.93. The van der Waals surface area contributed by atoms with E-state index in [9.17, 15) is 0 Å². The molecule has 1 aliphatic rings. The van der Waals surface area contributed by atoms with Crippen LogP contribution in [-0.2, 0) is 0 Å². The molecule has 0 atom stereocenters. The fourth-order valence-corrected chi connectivity index (χ4v) is 2.87. The van der Waals surface area contributed by atoms with Crippen LogP contribution in [0.3, 0.4) is 0 Å². The van der Waals surface area contributed by atoms with E-state index in [0.717, 1.165) is 29.8 Å². The molecule has 3 N–H and O–H groups in total. The Hall–Kier alpha value is -1.18. The van der Waals surface area contributed by atoms with Crippen molar-refractivity contribution in [2.75, 3.05) is 17.6 Å². The highest BCUT2D eigenvalue weighted by molar-refractivity contribution is 5.66. The number of nitrogens with two attached hydrogens (primary N) is 1. The van der Waals surface area contributed by atoms with Gasteiger partial charge in [0.25, 0.3) is 0 Å². The summed E-state index contributed by atoms with van der Waals surface area (Å²) >= 11 is 0. The quantitative estimate of drug-likeness (QED) is 0.781. The molecule has 2 nitrogen and oxygen atoms in total. The second kappa shape index (κ2) is 6.12. The van der Waals surface area contributed by atoms with Gasteiger partial charge in [-0.3, -0.25) is 0 Å². The molecule has 1 fully saturated rings. The lowest BCUT2D eigenvalue weighted by atomic mass is 9.81. The summed E-state index contributed by atoms with van der Waals surface area (Å²) in [6.07, 6.45) is 6.92. The van der Waals surface area contributed by atoms with E-state index in [2.05, 4.69) is 31.3 Å². The Labute approximate surface area is 111 Å². The van der Waals surface area contributed by atoms with Crippen molar-refractivity contribution in [3.05, 3.63) is 23.8 Å². The first-order valence-electron chi connectivity index (χ1n) is 7.25. The number of hydrogen-bond acceptors (Lipinski definition) is 2. The zero-order valence-corrected chi connectivity index (χ0v) is 11.7. The molecule has 100 valence electrons. The number of aryl methyl sites for hydroxylation is 1. The van der Waals surface area contributed by atoms with Crippen LogP contribution in [0.1, 0.15) is 44.6 Å². The third-order valence-electron chi connectivity index (χ3n) is 4.21. The molecule has 1 aromatic rings. The summed E-state index contributed by atoms with van der Waals surface area (Å²) in [7, 11) is 0. The molecule has 2 heteroatoms. The van der Waals surface area contributed by atoms with E-state index in [1.165, 1.54) is 37.7 Å². The summed E-state index contributed by atoms with van der Waals surface area (Å²) in [4.78, 5) is 0. The topological polar surface area (TPSA) is 38.0 Å². The van der Waals surface area contributed by atoms with Crippen LogP contribution in [0.25, 0.3) is 0 Å². The predicted molar refractivity (Wildman–Crippen MR) is 79.8 cm³/mol. The maximum atomic E-state index is 6.00. The SMILES string of the molecule is Cc1ccc(NCCC2CCC(C)CC2)c(N)c1. The summed E-state index contributed by atoms with van der Waals surface area (Å²) in [5.74, 6) is 1.86. The number of nitrogen functional groups attached to an aromatic ring is 1. The second-order valence-electron chi connectivity index (χ2n) is 5.93. The molecule has 0 aromatic heterocycles. The van der Waals surface area contributed by atoms with Crippen molar-refractivity contribution in [3.8, 4) is 0 Å². The van der Waals surface area contributed by atoms with Crippen LogP contribution >= 0.6 is 0 Å². The van der Waals surface area contributed by atoms with Crippen molar-refractivity contribution < 1.29 is 0 Å². The Morgan fingerprint density at radius 2 is 1.94 bits per heavy atom. The molecule has 0 amide bonds. The van der Waals surface area contributed by atoms with Gasteiger partial charge in [-0.15, -0.1) is 0 Å². The molecule has 18 heavy (non-hydrogen) atoms. The molecular weight excluding hydrogens is 220 g/mol. The summed E-state index contributed by atoms with van der Waals surface area (Å²) in [6, 6.07) is 6.24. The molecule has 2 rings (SSSR count). The third-order valence-corrected chi connectivity index (χ3v) is 4.21. The van der Waals surface area contributed by atoms with Gasteiger partial charge in [-0.2, -0.15) is 0 Å². The van der Waals surface area contributed by atoms with Gasteiger partial charge in [-0.1, -0.05) is 38.7 Å². The van der Waals surface area contributed by atoms with E-state index in [1.54, 1.807) is 0 Å².